The number of ether oxygens (including phenoxy) is 1. The Hall–Kier alpha value is -1.83. The van der Waals surface area contributed by atoms with E-state index in [-0.39, 0.29) is 5.91 Å². The highest BCUT2D eigenvalue weighted by atomic mass is 32.2. The number of para-hydroxylation sites is 1. The molecule has 0 unspecified atom stereocenters. The molecule has 1 saturated heterocycles. The van der Waals surface area contributed by atoms with Crippen molar-refractivity contribution in [2.75, 3.05) is 18.6 Å². The van der Waals surface area contributed by atoms with Crippen molar-refractivity contribution in [3.63, 3.8) is 0 Å². The van der Waals surface area contributed by atoms with Gasteiger partial charge < -0.3 is 4.74 Å². The lowest BCUT2D eigenvalue weighted by Gasteiger charge is -2.13. The van der Waals surface area contributed by atoms with Crippen molar-refractivity contribution in [1.82, 2.24) is 9.88 Å². The zero-order chi connectivity index (χ0) is 19.1. The van der Waals surface area contributed by atoms with Gasteiger partial charge in [-0.3, -0.25) is 14.7 Å². The Balaban J connectivity index is 1.73. The second-order valence-electron chi connectivity index (χ2n) is 5.83. The van der Waals surface area contributed by atoms with Gasteiger partial charge in [-0.1, -0.05) is 48.2 Å². The Bertz CT molecular complexity index is 840. The zero-order valence-corrected chi connectivity index (χ0v) is 17.4. The standard InChI is InChI=1S/C20H20N2O2S3/c1-26-12-6-11-22-19(23)18(27-20(22)25)13-15-7-2-3-9-17(15)24-14-16-8-4-5-10-21-16/h2-5,7-10,13H,6,11-12,14H2,1H3/b18-13+. The van der Waals surface area contributed by atoms with E-state index in [1.807, 2.05) is 48.5 Å². The van der Waals surface area contributed by atoms with Gasteiger partial charge in [0, 0.05) is 18.3 Å². The Kier molecular flexibility index (Phi) is 7.32. The van der Waals surface area contributed by atoms with E-state index in [9.17, 15) is 4.79 Å². The molecular weight excluding hydrogens is 396 g/mol. The number of hydrogen-bond acceptors (Lipinski definition) is 6. The van der Waals surface area contributed by atoms with E-state index in [0.29, 0.717) is 22.4 Å². The summed E-state index contributed by atoms with van der Waals surface area (Å²) in [5, 5.41) is 0. The van der Waals surface area contributed by atoms with Crippen LogP contribution in [0.1, 0.15) is 17.7 Å². The number of thioether (sulfide) groups is 2. The summed E-state index contributed by atoms with van der Waals surface area (Å²) in [7, 11) is 0. The molecule has 0 aliphatic carbocycles. The number of carbonyl (C=O) groups excluding carboxylic acids is 1. The summed E-state index contributed by atoms with van der Waals surface area (Å²) >= 11 is 8.51. The molecule has 1 aliphatic rings. The van der Waals surface area contributed by atoms with Crippen LogP contribution in [0.2, 0.25) is 0 Å². The molecule has 1 aromatic heterocycles. The molecule has 1 fully saturated rings. The smallest absolute Gasteiger partial charge is 0.266 e. The van der Waals surface area contributed by atoms with Gasteiger partial charge in [0.25, 0.3) is 5.91 Å². The minimum atomic E-state index is -0.0226. The third kappa shape index (κ3) is 5.34. The molecule has 140 valence electrons. The van der Waals surface area contributed by atoms with Gasteiger partial charge in [-0.05, 0) is 42.7 Å². The third-order valence-corrected chi connectivity index (χ3v) is 5.99. The maximum atomic E-state index is 12.7. The first-order valence-electron chi connectivity index (χ1n) is 8.55. The number of thiocarbonyl (C=S) groups is 1. The highest BCUT2D eigenvalue weighted by molar-refractivity contribution is 8.26. The molecule has 2 aromatic rings. The number of hydrogen-bond donors (Lipinski definition) is 0. The summed E-state index contributed by atoms with van der Waals surface area (Å²) < 4.78 is 6.55. The topological polar surface area (TPSA) is 42.4 Å². The van der Waals surface area contributed by atoms with Gasteiger partial charge in [-0.15, -0.1) is 0 Å². The normalized spacial score (nSPS) is 15.6. The van der Waals surface area contributed by atoms with E-state index >= 15 is 0 Å². The van der Waals surface area contributed by atoms with Crippen LogP contribution in [0.3, 0.4) is 0 Å². The number of rotatable bonds is 8. The summed E-state index contributed by atoms with van der Waals surface area (Å²) in [6, 6.07) is 13.4. The lowest BCUT2D eigenvalue weighted by molar-refractivity contribution is -0.122. The molecule has 0 N–H and O–H groups in total. The van der Waals surface area contributed by atoms with Crippen molar-refractivity contribution in [2.45, 2.75) is 13.0 Å². The number of benzene rings is 1. The predicted molar refractivity (Wildman–Crippen MR) is 118 cm³/mol. The van der Waals surface area contributed by atoms with Gasteiger partial charge in [-0.2, -0.15) is 11.8 Å². The Morgan fingerprint density at radius 2 is 2.07 bits per heavy atom. The molecule has 1 amide bonds. The van der Waals surface area contributed by atoms with Crippen molar-refractivity contribution >= 4 is 52.0 Å². The molecular formula is C20H20N2O2S3. The highest BCUT2D eigenvalue weighted by Crippen LogP contribution is 2.34. The fraction of sp³-hybridized carbons (Fsp3) is 0.250. The van der Waals surface area contributed by atoms with Crippen LogP contribution in [0.5, 0.6) is 5.75 Å². The highest BCUT2D eigenvalue weighted by Gasteiger charge is 2.31. The molecule has 4 nitrogen and oxygen atoms in total. The first-order chi connectivity index (χ1) is 13.2. The second kappa shape index (κ2) is 9.92. The van der Waals surface area contributed by atoms with E-state index in [1.54, 1.807) is 22.9 Å². The van der Waals surface area contributed by atoms with Gasteiger partial charge in [0.15, 0.2) is 0 Å². The molecule has 0 saturated carbocycles. The van der Waals surface area contributed by atoms with Crippen molar-refractivity contribution in [3.8, 4) is 5.75 Å². The fourth-order valence-corrected chi connectivity index (χ4v) is 4.28. The largest absolute Gasteiger partial charge is 0.487 e. The minimum absolute atomic E-state index is 0.0226. The first kappa shape index (κ1) is 19.9. The van der Waals surface area contributed by atoms with E-state index in [2.05, 4.69) is 11.2 Å². The van der Waals surface area contributed by atoms with Crippen LogP contribution in [0.25, 0.3) is 6.08 Å². The second-order valence-corrected chi connectivity index (χ2v) is 8.49. The monoisotopic (exact) mass is 416 g/mol. The molecule has 0 bridgehead atoms. The van der Waals surface area contributed by atoms with Gasteiger partial charge in [0.05, 0.1) is 10.6 Å². The maximum absolute atomic E-state index is 12.7. The minimum Gasteiger partial charge on any atom is -0.487 e. The Morgan fingerprint density at radius 1 is 1.26 bits per heavy atom. The predicted octanol–water partition coefficient (Wildman–Crippen LogP) is 4.61. The van der Waals surface area contributed by atoms with Gasteiger partial charge in [0.2, 0.25) is 0 Å². The van der Waals surface area contributed by atoms with Crippen LogP contribution in [0.4, 0.5) is 0 Å². The lowest BCUT2D eigenvalue weighted by Crippen LogP contribution is -2.29. The van der Waals surface area contributed by atoms with Crippen LogP contribution in [-0.4, -0.2) is 38.7 Å². The fourth-order valence-electron chi connectivity index (χ4n) is 2.57. The number of nitrogens with zero attached hydrogens (tertiary/aromatic N) is 2. The van der Waals surface area contributed by atoms with Gasteiger partial charge >= 0.3 is 0 Å². The van der Waals surface area contributed by atoms with Crippen LogP contribution in [-0.2, 0) is 11.4 Å². The van der Waals surface area contributed by atoms with E-state index in [0.717, 1.165) is 29.2 Å². The van der Waals surface area contributed by atoms with Gasteiger partial charge in [0.1, 0.15) is 16.7 Å². The number of aromatic nitrogens is 1. The van der Waals surface area contributed by atoms with Crippen molar-refractivity contribution in [2.24, 2.45) is 0 Å². The molecule has 3 rings (SSSR count). The van der Waals surface area contributed by atoms with Crippen LogP contribution < -0.4 is 4.74 Å². The number of pyridine rings is 1. The third-order valence-electron chi connectivity index (χ3n) is 3.91. The molecule has 27 heavy (non-hydrogen) atoms. The summed E-state index contributed by atoms with van der Waals surface area (Å²) in [6.45, 7) is 1.04. The first-order valence-corrected chi connectivity index (χ1v) is 11.2. The zero-order valence-electron chi connectivity index (χ0n) is 15.0. The van der Waals surface area contributed by atoms with E-state index in [1.165, 1.54) is 11.8 Å². The maximum Gasteiger partial charge on any atom is 0.266 e. The summed E-state index contributed by atoms with van der Waals surface area (Å²) in [5.74, 6) is 1.71. The average Bonchev–Trinajstić information content (AvgIpc) is 2.95. The molecule has 1 aliphatic heterocycles. The van der Waals surface area contributed by atoms with E-state index in [4.69, 9.17) is 17.0 Å². The Morgan fingerprint density at radius 3 is 2.85 bits per heavy atom. The van der Waals surface area contributed by atoms with Crippen LogP contribution >= 0.6 is 35.7 Å². The summed E-state index contributed by atoms with van der Waals surface area (Å²) in [5.41, 5.74) is 1.71. The molecule has 2 heterocycles. The number of amides is 1. The summed E-state index contributed by atoms with van der Waals surface area (Å²) in [6.07, 6.45) is 6.60. The molecule has 0 spiro atoms. The average molecular weight is 417 g/mol. The van der Waals surface area contributed by atoms with Crippen LogP contribution in [0.15, 0.2) is 53.6 Å². The Labute approximate surface area is 173 Å². The molecule has 0 atom stereocenters. The quantitative estimate of drug-likeness (QED) is 0.355. The van der Waals surface area contributed by atoms with Crippen LogP contribution in [0, 0.1) is 0 Å². The molecule has 7 heteroatoms. The molecule has 0 radical (unpaired) electrons. The SMILES string of the molecule is CSCCCN1C(=O)/C(=C\c2ccccc2OCc2ccccn2)SC1=S. The van der Waals surface area contributed by atoms with Crippen molar-refractivity contribution in [1.29, 1.82) is 0 Å². The molecule has 1 aromatic carbocycles. The lowest BCUT2D eigenvalue weighted by atomic mass is 10.2. The van der Waals surface area contributed by atoms with Crippen molar-refractivity contribution in [3.05, 3.63) is 64.8 Å². The number of carbonyl (C=O) groups is 1. The van der Waals surface area contributed by atoms with Crippen molar-refractivity contribution < 1.29 is 9.53 Å². The van der Waals surface area contributed by atoms with Gasteiger partial charge in [-0.25, -0.2) is 0 Å². The summed E-state index contributed by atoms with van der Waals surface area (Å²) in [4.78, 5) is 19.3. The van der Waals surface area contributed by atoms with E-state index < -0.39 is 0 Å².